The zero-order valence-corrected chi connectivity index (χ0v) is 12.5. The summed E-state index contributed by atoms with van der Waals surface area (Å²) in [6, 6.07) is 7.85. The van der Waals surface area contributed by atoms with Gasteiger partial charge in [-0.15, -0.1) is 0 Å². The topological polar surface area (TPSA) is 76.3 Å². The minimum absolute atomic E-state index is 0.0219. The van der Waals surface area contributed by atoms with Gasteiger partial charge in [0.2, 0.25) is 10.0 Å². The van der Waals surface area contributed by atoms with Gasteiger partial charge in [-0.25, -0.2) is 8.42 Å². The quantitative estimate of drug-likeness (QED) is 0.851. The van der Waals surface area contributed by atoms with E-state index in [0.717, 1.165) is 0 Å². The fraction of sp³-hybridized carbons (Fsp3) is 0.385. The Kier molecular flexibility index (Phi) is 3.88. The van der Waals surface area contributed by atoms with E-state index in [1.807, 2.05) is 0 Å². The first kappa shape index (κ1) is 15.9. The van der Waals surface area contributed by atoms with Crippen molar-refractivity contribution in [3.63, 3.8) is 0 Å². The highest BCUT2D eigenvalue weighted by atomic mass is 32.2. The van der Waals surface area contributed by atoms with Crippen molar-refractivity contribution in [3.8, 4) is 0 Å². The zero-order valence-electron chi connectivity index (χ0n) is 11.7. The van der Waals surface area contributed by atoms with Gasteiger partial charge in [0.25, 0.3) is 0 Å². The first-order valence-electron chi connectivity index (χ1n) is 6.74. The third-order valence-corrected chi connectivity index (χ3v) is 5.46. The Morgan fingerprint density at radius 3 is 2.52 bits per heavy atom. The molecule has 10 heteroatoms. The number of nitrogens with zero attached hydrogens (tertiary/aromatic N) is 3. The summed E-state index contributed by atoms with van der Waals surface area (Å²) in [4.78, 5) is 3.47. The van der Waals surface area contributed by atoms with Gasteiger partial charge in [-0.1, -0.05) is 23.4 Å². The number of hydrogen-bond acceptors (Lipinski definition) is 5. The second-order valence-corrected chi connectivity index (χ2v) is 7.06. The van der Waals surface area contributed by atoms with Crippen LogP contribution in [0.4, 0.5) is 13.2 Å². The van der Waals surface area contributed by atoms with Crippen LogP contribution in [-0.4, -0.2) is 36.0 Å². The highest BCUT2D eigenvalue weighted by Gasteiger charge is 2.41. The normalized spacial score (nSPS) is 20.0. The summed E-state index contributed by atoms with van der Waals surface area (Å²) < 4.78 is 67.7. The highest BCUT2D eigenvalue weighted by Crippen LogP contribution is 2.32. The van der Waals surface area contributed by atoms with Gasteiger partial charge in [-0.2, -0.15) is 22.5 Å². The summed E-state index contributed by atoms with van der Waals surface area (Å²) in [6.07, 6.45) is -4.37. The molecule has 0 bridgehead atoms. The van der Waals surface area contributed by atoms with Gasteiger partial charge in [0, 0.05) is 19.0 Å². The van der Waals surface area contributed by atoms with E-state index in [1.54, 1.807) is 18.2 Å². The van der Waals surface area contributed by atoms with Crippen LogP contribution in [0, 0.1) is 0 Å². The molecule has 3 rings (SSSR count). The standard InChI is InChI=1S/C13H12F3N3O3S/c14-13(15,16)12-17-11(18-22-12)9-6-7-19(8-9)23(20,21)10-4-2-1-3-5-10/h1-5,9H,6-8H2/t9-/m0/s1. The number of rotatable bonds is 3. The van der Waals surface area contributed by atoms with Crippen LogP contribution in [0.15, 0.2) is 39.8 Å². The van der Waals surface area contributed by atoms with Gasteiger partial charge in [0.1, 0.15) is 0 Å². The molecule has 1 atom stereocenters. The molecule has 1 aliphatic heterocycles. The summed E-state index contributed by atoms with van der Waals surface area (Å²) >= 11 is 0. The van der Waals surface area contributed by atoms with E-state index in [4.69, 9.17) is 0 Å². The van der Waals surface area contributed by atoms with Crippen molar-refractivity contribution < 1.29 is 26.1 Å². The van der Waals surface area contributed by atoms with Gasteiger partial charge in [0.15, 0.2) is 5.82 Å². The summed E-state index contributed by atoms with van der Waals surface area (Å²) in [5, 5.41) is 3.33. The second kappa shape index (κ2) is 5.60. The Balaban J connectivity index is 1.78. The third-order valence-electron chi connectivity index (χ3n) is 3.58. The van der Waals surface area contributed by atoms with Crippen molar-refractivity contribution in [2.45, 2.75) is 23.4 Å². The van der Waals surface area contributed by atoms with Crippen molar-refractivity contribution in [2.24, 2.45) is 0 Å². The molecule has 1 fully saturated rings. The number of halogens is 3. The van der Waals surface area contributed by atoms with Crippen molar-refractivity contribution in [2.75, 3.05) is 13.1 Å². The zero-order chi connectivity index (χ0) is 16.7. The number of aromatic nitrogens is 2. The van der Waals surface area contributed by atoms with Crippen molar-refractivity contribution in [1.29, 1.82) is 0 Å². The second-order valence-electron chi connectivity index (χ2n) is 5.12. The Morgan fingerprint density at radius 1 is 1.22 bits per heavy atom. The maximum Gasteiger partial charge on any atom is 0.471 e. The molecule has 0 spiro atoms. The molecule has 2 aromatic rings. The average molecular weight is 347 g/mol. The Bertz CT molecular complexity index is 790. The van der Waals surface area contributed by atoms with Crippen LogP contribution in [0.25, 0.3) is 0 Å². The number of sulfonamides is 1. The first-order valence-corrected chi connectivity index (χ1v) is 8.18. The molecule has 124 valence electrons. The van der Waals surface area contributed by atoms with Crippen LogP contribution < -0.4 is 0 Å². The van der Waals surface area contributed by atoms with Crippen molar-refractivity contribution in [3.05, 3.63) is 42.0 Å². The van der Waals surface area contributed by atoms with Crippen LogP contribution in [0.2, 0.25) is 0 Å². The summed E-state index contributed by atoms with van der Waals surface area (Å²) in [5.41, 5.74) is 0. The molecule has 0 radical (unpaired) electrons. The Hall–Kier alpha value is -1.94. The molecule has 0 aliphatic carbocycles. The van der Waals surface area contributed by atoms with Gasteiger partial charge < -0.3 is 4.52 Å². The summed E-state index contributed by atoms with van der Waals surface area (Å²) in [5.74, 6) is -2.06. The molecule has 0 amide bonds. The van der Waals surface area contributed by atoms with Gasteiger partial charge in [-0.3, -0.25) is 0 Å². The molecular weight excluding hydrogens is 335 g/mol. The fourth-order valence-corrected chi connectivity index (χ4v) is 3.94. The summed E-state index contributed by atoms with van der Waals surface area (Å²) in [6.45, 7) is 0.214. The minimum Gasteiger partial charge on any atom is -0.329 e. The molecule has 6 nitrogen and oxygen atoms in total. The lowest BCUT2D eigenvalue weighted by molar-refractivity contribution is -0.159. The lowest BCUT2D eigenvalue weighted by atomic mass is 10.1. The SMILES string of the molecule is O=S(=O)(c1ccccc1)N1CC[C@H](c2noc(C(F)(F)F)n2)C1. The minimum atomic E-state index is -4.71. The van der Waals surface area contributed by atoms with Crippen LogP contribution in [-0.2, 0) is 16.2 Å². The van der Waals surface area contributed by atoms with E-state index in [1.165, 1.54) is 16.4 Å². The van der Waals surface area contributed by atoms with E-state index in [2.05, 4.69) is 14.7 Å². The maximum absolute atomic E-state index is 12.5. The fourth-order valence-electron chi connectivity index (χ4n) is 2.41. The number of alkyl halides is 3. The van der Waals surface area contributed by atoms with Crippen LogP contribution in [0.3, 0.4) is 0 Å². The highest BCUT2D eigenvalue weighted by molar-refractivity contribution is 7.89. The molecule has 23 heavy (non-hydrogen) atoms. The van der Waals surface area contributed by atoms with Crippen molar-refractivity contribution in [1.82, 2.24) is 14.4 Å². The molecule has 1 aromatic heterocycles. The molecular formula is C13H12F3N3O3S. The number of benzene rings is 1. The van der Waals surface area contributed by atoms with Crippen molar-refractivity contribution >= 4 is 10.0 Å². The van der Waals surface area contributed by atoms with Crippen LogP contribution in [0.1, 0.15) is 24.1 Å². The Labute approximate surface area is 130 Å². The predicted molar refractivity (Wildman–Crippen MR) is 71.9 cm³/mol. The third kappa shape index (κ3) is 3.08. The lowest BCUT2D eigenvalue weighted by Crippen LogP contribution is -2.28. The van der Waals surface area contributed by atoms with Crippen LogP contribution >= 0.6 is 0 Å². The van der Waals surface area contributed by atoms with Gasteiger partial charge in [0.05, 0.1) is 4.90 Å². The maximum atomic E-state index is 12.5. The van der Waals surface area contributed by atoms with E-state index in [9.17, 15) is 21.6 Å². The van der Waals surface area contributed by atoms with Gasteiger partial charge in [-0.05, 0) is 18.6 Å². The molecule has 2 heterocycles. The smallest absolute Gasteiger partial charge is 0.329 e. The number of hydrogen-bond donors (Lipinski definition) is 0. The Morgan fingerprint density at radius 2 is 1.91 bits per heavy atom. The van der Waals surface area contributed by atoms with E-state index in [0.29, 0.717) is 6.42 Å². The molecule has 0 unspecified atom stereocenters. The predicted octanol–water partition coefficient (Wildman–Crippen LogP) is 2.27. The van der Waals surface area contributed by atoms with Crippen LogP contribution in [0.5, 0.6) is 0 Å². The van der Waals surface area contributed by atoms with E-state index >= 15 is 0 Å². The molecule has 1 saturated heterocycles. The first-order chi connectivity index (χ1) is 10.8. The molecule has 1 aliphatic rings. The largest absolute Gasteiger partial charge is 0.471 e. The molecule has 0 N–H and O–H groups in total. The molecule has 1 aromatic carbocycles. The van der Waals surface area contributed by atoms with E-state index in [-0.39, 0.29) is 23.8 Å². The summed E-state index contributed by atoms with van der Waals surface area (Å²) in [7, 11) is -3.68. The molecule has 0 saturated carbocycles. The van der Waals surface area contributed by atoms with Gasteiger partial charge >= 0.3 is 12.1 Å². The van der Waals surface area contributed by atoms with E-state index < -0.39 is 28.0 Å². The lowest BCUT2D eigenvalue weighted by Gasteiger charge is -2.15. The monoisotopic (exact) mass is 347 g/mol. The average Bonchev–Trinajstić information content (AvgIpc) is 3.16.